The molecule has 2 aromatic rings. The Morgan fingerprint density at radius 2 is 1.96 bits per heavy atom. The second-order valence-corrected chi connectivity index (χ2v) is 7.15. The molecule has 1 amide bonds. The Morgan fingerprint density at radius 3 is 2.77 bits per heavy atom. The molecule has 5 heteroatoms. The summed E-state index contributed by atoms with van der Waals surface area (Å²) in [7, 11) is 0. The fourth-order valence-electron chi connectivity index (χ4n) is 3.82. The number of carbonyl (C=O) groups excluding carboxylic acids is 1. The lowest BCUT2D eigenvalue weighted by molar-refractivity contribution is -0.917. The summed E-state index contributed by atoms with van der Waals surface area (Å²) < 4.78 is 18.8. The number of piperazine rings is 1. The van der Waals surface area contributed by atoms with E-state index in [2.05, 4.69) is 18.2 Å². The van der Waals surface area contributed by atoms with Gasteiger partial charge >= 0.3 is 0 Å². The molecular formula is C21H24FN2O2+. The maximum Gasteiger partial charge on any atom is 0.227 e. The fourth-order valence-corrected chi connectivity index (χ4v) is 3.82. The van der Waals surface area contributed by atoms with E-state index in [4.69, 9.17) is 4.74 Å². The van der Waals surface area contributed by atoms with Crippen molar-refractivity contribution >= 4 is 5.91 Å². The topological polar surface area (TPSA) is 34.0 Å². The molecule has 2 heterocycles. The Hall–Kier alpha value is -2.40. The minimum absolute atomic E-state index is 0.0873. The number of nitrogens with one attached hydrogen (secondary N) is 1. The number of fused-ring (bicyclic) bond motifs is 1. The lowest BCUT2D eigenvalue weighted by Crippen LogP contribution is -3.13. The van der Waals surface area contributed by atoms with Crippen LogP contribution in [0, 0.1) is 5.82 Å². The Labute approximate surface area is 153 Å². The molecule has 0 spiro atoms. The molecule has 2 aliphatic rings. The molecule has 26 heavy (non-hydrogen) atoms. The van der Waals surface area contributed by atoms with Crippen molar-refractivity contribution in [3.8, 4) is 5.75 Å². The highest BCUT2D eigenvalue weighted by molar-refractivity contribution is 5.78. The van der Waals surface area contributed by atoms with Crippen LogP contribution >= 0.6 is 0 Å². The van der Waals surface area contributed by atoms with Gasteiger partial charge < -0.3 is 14.5 Å². The zero-order valence-corrected chi connectivity index (χ0v) is 14.8. The summed E-state index contributed by atoms with van der Waals surface area (Å²) in [4.78, 5) is 15.9. The van der Waals surface area contributed by atoms with Gasteiger partial charge in [-0.05, 0) is 41.5 Å². The van der Waals surface area contributed by atoms with Gasteiger partial charge in [-0.2, -0.15) is 0 Å². The van der Waals surface area contributed by atoms with E-state index in [1.165, 1.54) is 28.2 Å². The van der Waals surface area contributed by atoms with Crippen molar-refractivity contribution in [2.24, 2.45) is 0 Å². The average Bonchev–Trinajstić information content (AvgIpc) is 3.10. The van der Waals surface area contributed by atoms with Gasteiger partial charge in [0, 0.05) is 12.0 Å². The summed E-state index contributed by atoms with van der Waals surface area (Å²) >= 11 is 0. The Bertz CT molecular complexity index is 800. The minimum atomic E-state index is -0.288. The first kappa shape index (κ1) is 17.0. The van der Waals surface area contributed by atoms with Crippen LogP contribution in [0.4, 0.5) is 4.39 Å². The van der Waals surface area contributed by atoms with Crippen molar-refractivity contribution in [3.05, 3.63) is 65.0 Å². The molecule has 1 N–H and O–H groups in total. The quantitative estimate of drug-likeness (QED) is 0.895. The molecule has 0 radical (unpaired) electrons. The number of carbonyl (C=O) groups is 1. The van der Waals surface area contributed by atoms with Crippen LogP contribution in [-0.2, 0) is 24.2 Å². The van der Waals surface area contributed by atoms with Crippen molar-refractivity contribution < 1.29 is 18.8 Å². The van der Waals surface area contributed by atoms with Crippen molar-refractivity contribution in [1.82, 2.24) is 4.90 Å². The SMILES string of the molecule is O=C(Cc1cccc(F)c1)N1CC[NH+](Cc2ccc3c(c2)CCO3)CC1. The summed E-state index contributed by atoms with van der Waals surface area (Å²) in [5, 5.41) is 0. The number of nitrogens with zero attached hydrogens (tertiary/aromatic N) is 1. The van der Waals surface area contributed by atoms with Crippen LogP contribution in [0.25, 0.3) is 0 Å². The standard InChI is InChI=1S/C21H23FN2O2/c22-19-3-1-2-16(13-19)14-21(25)24-9-7-23(8-10-24)15-17-4-5-20-18(12-17)6-11-26-20/h1-5,12-13H,6-11,14-15H2/p+1. The summed E-state index contributed by atoms with van der Waals surface area (Å²) in [6, 6.07) is 12.8. The van der Waals surface area contributed by atoms with Crippen molar-refractivity contribution in [1.29, 1.82) is 0 Å². The third-order valence-electron chi connectivity index (χ3n) is 5.28. The van der Waals surface area contributed by atoms with Crippen LogP contribution in [0.3, 0.4) is 0 Å². The number of amides is 1. The lowest BCUT2D eigenvalue weighted by atomic mass is 10.1. The molecule has 0 saturated carbocycles. The van der Waals surface area contributed by atoms with Gasteiger partial charge in [-0.15, -0.1) is 0 Å². The average molecular weight is 355 g/mol. The molecule has 0 aliphatic carbocycles. The number of benzene rings is 2. The van der Waals surface area contributed by atoms with Gasteiger partial charge in [-0.25, -0.2) is 4.39 Å². The van der Waals surface area contributed by atoms with E-state index in [-0.39, 0.29) is 18.1 Å². The number of quaternary nitrogens is 1. The van der Waals surface area contributed by atoms with Crippen LogP contribution in [0.1, 0.15) is 16.7 Å². The van der Waals surface area contributed by atoms with Gasteiger partial charge in [0.25, 0.3) is 0 Å². The van der Waals surface area contributed by atoms with Crippen LogP contribution in [0.15, 0.2) is 42.5 Å². The molecule has 0 aromatic heterocycles. The number of hydrogen-bond acceptors (Lipinski definition) is 2. The smallest absolute Gasteiger partial charge is 0.227 e. The molecule has 2 aromatic carbocycles. The molecular weight excluding hydrogens is 331 g/mol. The van der Waals surface area contributed by atoms with Crippen LogP contribution in [0.2, 0.25) is 0 Å². The summed E-state index contributed by atoms with van der Waals surface area (Å²) in [5.41, 5.74) is 3.39. The highest BCUT2D eigenvalue weighted by atomic mass is 19.1. The van der Waals surface area contributed by atoms with Gasteiger partial charge in [0.15, 0.2) is 0 Å². The van der Waals surface area contributed by atoms with E-state index >= 15 is 0 Å². The lowest BCUT2D eigenvalue weighted by Gasteiger charge is -2.32. The number of ether oxygens (including phenoxy) is 1. The van der Waals surface area contributed by atoms with Crippen LogP contribution in [0.5, 0.6) is 5.75 Å². The van der Waals surface area contributed by atoms with Gasteiger partial charge in [0.1, 0.15) is 18.1 Å². The normalized spacial score (nSPS) is 17.0. The highest BCUT2D eigenvalue weighted by Crippen LogP contribution is 2.25. The number of rotatable bonds is 4. The van der Waals surface area contributed by atoms with Gasteiger partial charge in [0.2, 0.25) is 5.91 Å². The minimum Gasteiger partial charge on any atom is -0.493 e. The number of halogens is 1. The third-order valence-corrected chi connectivity index (χ3v) is 5.28. The first-order valence-electron chi connectivity index (χ1n) is 9.28. The largest absolute Gasteiger partial charge is 0.493 e. The van der Waals surface area contributed by atoms with E-state index in [9.17, 15) is 9.18 Å². The molecule has 0 unspecified atom stereocenters. The predicted molar refractivity (Wildman–Crippen MR) is 96.7 cm³/mol. The van der Waals surface area contributed by atoms with Crippen molar-refractivity contribution in [2.45, 2.75) is 19.4 Å². The van der Waals surface area contributed by atoms with Gasteiger partial charge in [0.05, 0.1) is 39.2 Å². The van der Waals surface area contributed by atoms with E-state index < -0.39 is 0 Å². The third kappa shape index (κ3) is 3.88. The maximum atomic E-state index is 13.3. The Morgan fingerprint density at radius 1 is 1.12 bits per heavy atom. The first-order valence-corrected chi connectivity index (χ1v) is 9.28. The molecule has 0 atom stereocenters. The first-order chi connectivity index (χ1) is 12.7. The maximum absolute atomic E-state index is 13.3. The Balaban J connectivity index is 1.29. The number of hydrogen-bond donors (Lipinski definition) is 1. The monoisotopic (exact) mass is 355 g/mol. The van der Waals surface area contributed by atoms with Crippen molar-refractivity contribution in [3.63, 3.8) is 0 Å². The predicted octanol–water partition coefficient (Wildman–Crippen LogP) is 1.23. The van der Waals surface area contributed by atoms with Crippen LogP contribution < -0.4 is 9.64 Å². The molecule has 1 fully saturated rings. The second kappa shape index (κ2) is 7.46. The van der Waals surface area contributed by atoms with Crippen molar-refractivity contribution in [2.75, 3.05) is 32.8 Å². The summed E-state index contributed by atoms with van der Waals surface area (Å²) in [5.74, 6) is 0.824. The van der Waals surface area contributed by atoms with E-state index in [1.807, 2.05) is 4.90 Å². The molecule has 4 nitrogen and oxygen atoms in total. The van der Waals surface area contributed by atoms with E-state index in [0.29, 0.717) is 0 Å². The molecule has 0 bridgehead atoms. The molecule has 136 valence electrons. The summed E-state index contributed by atoms with van der Waals surface area (Å²) in [6.07, 6.45) is 1.28. The summed E-state index contributed by atoms with van der Waals surface area (Å²) in [6.45, 7) is 5.19. The molecule has 1 saturated heterocycles. The van der Waals surface area contributed by atoms with E-state index in [1.54, 1.807) is 12.1 Å². The van der Waals surface area contributed by atoms with E-state index in [0.717, 1.165) is 57.1 Å². The molecule has 2 aliphatic heterocycles. The Kier molecular flexibility index (Phi) is 4.89. The highest BCUT2D eigenvalue weighted by Gasteiger charge is 2.24. The molecule has 4 rings (SSSR count). The van der Waals surface area contributed by atoms with Gasteiger partial charge in [-0.1, -0.05) is 12.1 Å². The van der Waals surface area contributed by atoms with Gasteiger partial charge in [-0.3, -0.25) is 4.79 Å². The van der Waals surface area contributed by atoms with Crippen LogP contribution in [-0.4, -0.2) is 43.6 Å². The fraction of sp³-hybridized carbons (Fsp3) is 0.381. The zero-order chi connectivity index (χ0) is 17.9. The zero-order valence-electron chi connectivity index (χ0n) is 14.8. The second-order valence-electron chi connectivity index (χ2n) is 7.15.